The molecule has 0 saturated carbocycles. The summed E-state index contributed by atoms with van der Waals surface area (Å²) in [5.74, 6) is 1.26. The van der Waals surface area contributed by atoms with E-state index in [1.165, 1.54) is 11.8 Å². The van der Waals surface area contributed by atoms with Crippen molar-refractivity contribution in [3.8, 4) is 28.4 Å². The molecule has 2 amide bonds. The second-order valence-corrected chi connectivity index (χ2v) is 13.0. The summed E-state index contributed by atoms with van der Waals surface area (Å²) in [6, 6.07) is 19.3. The average molecular weight is 661 g/mol. The summed E-state index contributed by atoms with van der Waals surface area (Å²) in [5.41, 5.74) is 5.62. The van der Waals surface area contributed by atoms with Crippen LogP contribution in [-0.2, 0) is 14.3 Å². The number of fused-ring (bicyclic) bond motifs is 1. The van der Waals surface area contributed by atoms with Gasteiger partial charge in [0.2, 0.25) is 11.8 Å². The summed E-state index contributed by atoms with van der Waals surface area (Å²) < 4.78 is 19.2. The molecule has 0 bridgehead atoms. The molecule has 0 radical (unpaired) electrons. The van der Waals surface area contributed by atoms with Gasteiger partial charge in [-0.25, -0.2) is 4.68 Å². The van der Waals surface area contributed by atoms with Crippen molar-refractivity contribution in [2.24, 2.45) is 0 Å². The van der Waals surface area contributed by atoms with Gasteiger partial charge in [-0.2, -0.15) is 5.10 Å². The Hall–Kier alpha value is -3.99. The number of nitrogens with one attached hydrogen (secondary N) is 1. The van der Waals surface area contributed by atoms with Crippen LogP contribution in [-0.4, -0.2) is 67.4 Å². The Morgan fingerprint density at radius 3 is 2.52 bits per heavy atom. The van der Waals surface area contributed by atoms with Crippen LogP contribution in [0.1, 0.15) is 40.3 Å². The lowest BCUT2D eigenvalue weighted by molar-refractivity contribution is -0.123. The number of aryl methyl sites for hydroxylation is 2. The monoisotopic (exact) mass is 660 g/mol. The standard InChI is InChI=1S/C35H37ClN4O5S/c1-21-14-15-26(22(2)17-21)40-35-32(33(38-40)31-27(43-3)12-7-13-28(31)44-4)34(24-10-5-6-11-25(24)36)46-20-30(42)39(35)19-29(41)37-18-23-9-8-16-45-23/h5-7,10-15,17,23,34H,8-9,16,18-20H2,1-4H3,(H,37,41). The Bertz CT molecular complexity index is 1750. The molecule has 3 heterocycles. The molecule has 1 N–H and O–H groups in total. The number of carbonyl (C=O) groups is 2. The normalized spacial score (nSPS) is 17.8. The number of carbonyl (C=O) groups excluding carboxylic acids is 2. The lowest BCUT2D eigenvalue weighted by atomic mass is 9.98. The number of amides is 2. The quantitative estimate of drug-likeness (QED) is 0.225. The fourth-order valence-electron chi connectivity index (χ4n) is 6.17. The van der Waals surface area contributed by atoms with Gasteiger partial charge in [-0.15, -0.1) is 11.8 Å². The number of hydrogen-bond acceptors (Lipinski definition) is 7. The van der Waals surface area contributed by atoms with Crippen LogP contribution in [0.4, 0.5) is 5.82 Å². The highest BCUT2D eigenvalue weighted by atomic mass is 35.5. The van der Waals surface area contributed by atoms with Crippen molar-refractivity contribution in [2.45, 2.75) is 38.0 Å². The summed E-state index contributed by atoms with van der Waals surface area (Å²) >= 11 is 8.31. The van der Waals surface area contributed by atoms with Gasteiger partial charge in [-0.1, -0.05) is 53.6 Å². The zero-order chi connectivity index (χ0) is 32.4. The fraction of sp³-hybridized carbons (Fsp3) is 0.343. The van der Waals surface area contributed by atoms with Gasteiger partial charge in [0.05, 0.1) is 42.6 Å². The SMILES string of the molecule is COc1cccc(OC)c1-c1nn(-c2ccc(C)cc2C)c2c1C(c1ccccc1Cl)SCC(=O)N2CC(=O)NCC1CCCO1. The van der Waals surface area contributed by atoms with Gasteiger partial charge >= 0.3 is 0 Å². The molecule has 4 aromatic rings. The minimum atomic E-state index is -0.406. The van der Waals surface area contributed by atoms with Crippen LogP contribution in [0.5, 0.6) is 11.5 Å². The molecule has 1 fully saturated rings. The molecule has 3 aromatic carbocycles. The number of nitrogens with zero attached hydrogens (tertiary/aromatic N) is 3. The van der Waals surface area contributed by atoms with Crippen LogP contribution in [0.3, 0.4) is 0 Å². The minimum Gasteiger partial charge on any atom is -0.496 e. The van der Waals surface area contributed by atoms with Crippen LogP contribution >= 0.6 is 23.4 Å². The minimum absolute atomic E-state index is 0.0233. The zero-order valence-corrected chi connectivity index (χ0v) is 27.9. The number of methoxy groups -OCH3 is 2. The first-order valence-electron chi connectivity index (χ1n) is 15.3. The second kappa shape index (κ2) is 13.8. The predicted octanol–water partition coefficient (Wildman–Crippen LogP) is 6.29. The van der Waals surface area contributed by atoms with Crippen molar-refractivity contribution >= 4 is 41.0 Å². The van der Waals surface area contributed by atoms with Gasteiger partial charge in [0.15, 0.2) is 0 Å². The summed E-state index contributed by atoms with van der Waals surface area (Å²) in [6.45, 7) is 4.94. The summed E-state index contributed by atoms with van der Waals surface area (Å²) in [7, 11) is 3.21. The summed E-state index contributed by atoms with van der Waals surface area (Å²) in [5, 5.41) is 8.40. The number of rotatable bonds is 9. The Labute approximate surface area is 278 Å². The molecule has 46 heavy (non-hydrogen) atoms. The van der Waals surface area contributed by atoms with Crippen LogP contribution < -0.4 is 19.7 Å². The number of anilines is 1. The highest BCUT2D eigenvalue weighted by Gasteiger charge is 2.40. The molecule has 9 nitrogen and oxygen atoms in total. The number of ether oxygens (including phenoxy) is 3. The van der Waals surface area contributed by atoms with Gasteiger partial charge in [-0.05, 0) is 62.1 Å². The zero-order valence-electron chi connectivity index (χ0n) is 26.3. The number of halogens is 1. The van der Waals surface area contributed by atoms with E-state index in [1.807, 2.05) is 68.4 Å². The van der Waals surface area contributed by atoms with E-state index >= 15 is 0 Å². The Morgan fingerprint density at radius 1 is 1.09 bits per heavy atom. The molecular formula is C35H37ClN4O5S. The molecule has 240 valence electrons. The van der Waals surface area contributed by atoms with Crippen molar-refractivity contribution < 1.29 is 23.8 Å². The number of hydrogen-bond donors (Lipinski definition) is 1. The van der Waals surface area contributed by atoms with Crippen molar-refractivity contribution in [1.82, 2.24) is 15.1 Å². The van der Waals surface area contributed by atoms with E-state index in [1.54, 1.807) is 23.8 Å². The first-order chi connectivity index (χ1) is 22.3. The first kappa shape index (κ1) is 32.0. The summed E-state index contributed by atoms with van der Waals surface area (Å²) in [6.07, 6.45) is 1.84. The maximum absolute atomic E-state index is 14.1. The van der Waals surface area contributed by atoms with Crippen molar-refractivity contribution in [2.75, 3.05) is 44.6 Å². The smallest absolute Gasteiger partial charge is 0.240 e. The molecule has 1 saturated heterocycles. The Kier molecular flexibility index (Phi) is 9.58. The molecule has 0 spiro atoms. The lowest BCUT2D eigenvalue weighted by Gasteiger charge is -2.24. The van der Waals surface area contributed by atoms with Gasteiger partial charge < -0.3 is 19.5 Å². The van der Waals surface area contributed by atoms with Crippen molar-refractivity contribution in [3.63, 3.8) is 0 Å². The third-order valence-corrected chi connectivity index (χ3v) is 9.96. The number of aromatic nitrogens is 2. The maximum atomic E-state index is 14.1. The van der Waals surface area contributed by atoms with Gasteiger partial charge in [0.1, 0.15) is 29.6 Å². The highest BCUT2D eigenvalue weighted by Crippen LogP contribution is 2.52. The molecule has 11 heteroatoms. The topological polar surface area (TPSA) is 94.9 Å². The fourth-order valence-corrected chi connectivity index (χ4v) is 7.71. The van der Waals surface area contributed by atoms with Crippen LogP contribution in [0, 0.1) is 13.8 Å². The third kappa shape index (κ3) is 6.21. The van der Waals surface area contributed by atoms with Gasteiger partial charge in [0, 0.05) is 23.7 Å². The van der Waals surface area contributed by atoms with Crippen LogP contribution in [0.15, 0.2) is 60.7 Å². The Morgan fingerprint density at radius 2 is 1.85 bits per heavy atom. The Balaban J connectivity index is 1.62. The molecular weight excluding hydrogens is 624 g/mol. The van der Waals surface area contributed by atoms with Crippen molar-refractivity contribution in [3.05, 3.63) is 87.9 Å². The predicted molar refractivity (Wildman–Crippen MR) is 182 cm³/mol. The van der Waals surface area contributed by atoms with E-state index in [0.29, 0.717) is 46.7 Å². The lowest BCUT2D eigenvalue weighted by Crippen LogP contribution is -2.44. The van der Waals surface area contributed by atoms with Gasteiger partial charge in [-0.3, -0.25) is 14.5 Å². The molecule has 6 rings (SSSR count). The van der Waals surface area contributed by atoms with Gasteiger partial charge in [0.25, 0.3) is 0 Å². The number of thioether (sulfide) groups is 1. The van der Waals surface area contributed by atoms with E-state index in [4.69, 9.17) is 30.9 Å². The molecule has 2 unspecified atom stereocenters. The van der Waals surface area contributed by atoms with E-state index < -0.39 is 5.25 Å². The summed E-state index contributed by atoms with van der Waals surface area (Å²) in [4.78, 5) is 29.2. The highest BCUT2D eigenvalue weighted by molar-refractivity contribution is 8.00. The molecule has 2 aliphatic heterocycles. The van der Waals surface area contributed by atoms with E-state index in [0.717, 1.165) is 40.8 Å². The molecule has 2 atom stereocenters. The van der Waals surface area contributed by atoms with E-state index in [2.05, 4.69) is 11.4 Å². The van der Waals surface area contributed by atoms with Crippen LogP contribution in [0.2, 0.25) is 5.02 Å². The average Bonchev–Trinajstić information content (AvgIpc) is 3.68. The van der Waals surface area contributed by atoms with E-state index in [9.17, 15) is 9.59 Å². The van der Waals surface area contributed by atoms with Crippen molar-refractivity contribution in [1.29, 1.82) is 0 Å². The largest absolute Gasteiger partial charge is 0.496 e. The molecule has 2 aliphatic rings. The molecule has 1 aromatic heterocycles. The second-order valence-electron chi connectivity index (χ2n) is 11.5. The molecule has 0 aliphatic carbocycles. The first-order valence-corrected chi connectivity index (χ1v) is 16.7. The number of benzene rings is 3. The maximum Gasteiger partial charge on any atom is 0.240 e. The van der Waals surface area contributed by atoms with Crippen LogP contribution in [0.25, 0.3) is 16.9 Å². The third-order valence-electron chi connectivity index (χ3n) is 8.37. The van der Waals surface area contributed by atoms with E-state index in [-0.39, 0.29) is 30.2 Å².